The molecule has 8 heteroatoms. The van der Waals surface area contributed by atoms with Crippen LogP contribution >= 0.6 is 0 Å². The summed E-state index contributed by atoms with van der Waals surface area (Å²) < 4.78 is 4.96. The average molecular weight is 295 g/mol. The molecule has 2 heterocycles. The second-order valence-corrected chi connectivity index (χ2v) is 4.34. The van der Waals surface area contributed by atoms with Crippen LogP contribution < -0.4 is 5.73 Å². The number of oxazole rings is 1. The first kappa shape index (κ1) is 16.4. The molecular formula is C13H17N3O5. The SMILES string of the molecule is CN1CCC=C(c2coc(N)n2)C1.O=C(O)/C=C\C(=O)O. The Labute approximate surface area is 121 Å². The van der Waals surface area contributed by atoms with Gasteiger partial charge < -0.3 is 25.3 Å². The van der Waals surface area contributed by atoms with Gasteiger partial charge in [0.1, 0.15) is 12.0 Å². The molecule has 1 aliphatic heterocycles. The Morgan fingerprint density at radius 2 is 2.00 bits per heavy atom. The Bertz CT molecular complexity index is 546. The third kappa shape index (κ3) is 6.39. The van der Waals surface area contributed by atoms with E-state index in [1.807, 2.05) is 0 Å². The molecule has 21 heavy (non-hydrogen) atoms. The third-order valence-electron chi connectivity index (χ3n) is 2.56. The number of carboxylic acids is 2. The van der Waals surface area contributed by atoms with E-state index >= 15 is 0 Å². The molecule has 4 N–H and O–H groups in total. The van der Waals surface area contributed by atoms with Gasteiger partial charge in [0.25, 0.3) is 6.01 Å². The fourth-order valence-corrected chi connectivity index (χ4v) is 1.66. The molecule has 8 nitrogen and oxygen atoms in total. The molecule has 0 atom stereocenters. The Hall–Kier alpha value is -2.61. The quantitative estimate of drug-likeness (QED) is 0.694. The van der Waals surface area contributed by atoms with Gasteiger partial charge in [-0.1, -0.05) is 6.08 Å². The molecule has 0 saturated carbocycles. The van der Waals surface area contributed by atoms with E-state index < -0.39 is 11.9 Å². The van der Waals surface area contributed by atoms with Crippen LogP contribution in [0, 0.1) is 0 Å². The number of carbonyl (C=O) groups is 2. The van der Waals surface area contributed by atoms with Gasteiger partial charge in [-0.05, 0) is 19.0 Å². The van der Waals surface area contributed by atoms with E-state index in [4.69, 9.17) is 20.4 Å². The number of aliphatic carboxylic acids is 2. The summed E-state index contributed by atoms with van der Waals surface area (Å²) in [5, 5.41) is 15.6. The highest BCUT2D eigenvalue weighted by Gasteiger charge is 2.12. The zero-order chi connectivity index (χ0) is 15.8. The molecule has 0 fully saturated rings. The average Bonchev–Trinajstić information content (AvgIpc) is 2.84. The van der Waals surface area contributed by atoms with E-state index in [2.05, 4.69) is 23.0 Å². The van der Waals surface area contributed by atoms with Crippen molar-refractivity contribution in [2.45, 2.75) is 6.42 Å². The molecule has 114 valence electrons. The van der Waals surface area contributed by atoms with Gasteiger partial charge in [-0.2, -0.15) is 4.98 Å². The van der Waals surface area contributed by atoms with Crippen molar-refractivity contribution in [2.75, 3.05) is 25.9 Å². The van der Waals surface area contributed by atoms with Crippen LogP contribution in [-0.4, -0.2) is 52.2 Å². The van der Waals surface area contributed by atoms with Crippen molar-refractivity contribution >= 4 is 23.5 Å². The lowest BCUT2D eigenvalue weighted by atomic mass is 10.1. The van der Waals surface area contributed by atoms with Crippen molar-refractivity contribution < 1.29 is 24.2 Å². The zero-order valence-corrected chi connectivity index (χ0v) is 11.5. The van der Waals surface area contributed by atoms with Gasteiger partial charge in [0.05, 0.1) is 0 Å². The third-order valence-corrected chi connectivity index (χ3v) is 2.56. The minimum atomic E-state index is -1.26. The first-order valence-electron chi connectivity index (χ1n) is 6.11. The molecule has 0 radical (unpaired) electrons. The predicted molar refractivity (Wildman–Crippen MR) is 75.4 cm³/mol. The normalized spacial score (nSPS) is 15.2. The van der Waals surface area contributed by atoms with Gasteiger partial charge >= 0.3 is 11.9 Å². The number of anilines is 1. The van der Waals surface area contributed by atoms with Crippen LogP contribution in [0.25, 0.3) is 5.57 Å². The summed E-state index contributed by atoms with van der Waals surface area (Å²) in [6.07, 6.45) is 5.99. The highest BCUT2D eigenvalue weighted by atomic mass is 16.4. The molecule has 0 unspecified atom stereocenters. The van der Waals surface area contributed by atoms with Crippen molar-refractivity contribution in [3.8, 4) is 0 Å². The van der Waals surface area contributed by atoms with E-state index in [1.54, 1.807) is 6.26 Å². The van der Waals surface area contributed by atoms with E-state index in [9.17, 15) is 9.59 Å². The lowest BCUT2D eigenvalue weighted by Gasteiger charge is -2.21. The molecule has 1 aliphatic rings. The summed E-state index contributed by atoms with van der Waals surface area (Å²) in [5.74, 6) is -2.51. The zero-order valence-electron chi connectivity index (χ0n) is 11.5. The van der Waals surface area contributed by atoms with Crippen LogP contribution in [0.3, 0.4) is 0 Å². The fraction of sp³-hybridized carbons (Fsp3) is 0.308. The van der Waals surface area contributed by atoms with E-state index in [1.165, 1.54) is 5.57 Å². The first-order valence-corrected chi connectivity index (χ1v) is 6.11. The number of nitrogens with zero attached hydrogens (tertiary/aromatic N) is 2. The van der Waals surface area contributed by atoms with Crippen LogP contribution in [-0.2, 0) is 9.59 Å². The number of nitrogen functional groups attached to an aromatic ring is 1. The van der Waals surface area contributed by atoms with E-state index in [0.717, 1.165) is 25.2 Å². The maximum atomic E-state index is 9.55. The van der Waals surface area contributed by atoms with Crippen molar-refractivity contribution in [2.24, 2.45) is 0 Å². The second-order valence-electron chi connectivity index (χ2n) is 4.34. The molecule has 1 aromatic rings. The van der Waals surface area contributed by atoms with Crippen LogP contribution in [0.5, 0.6) is 0 Å². The molecule has 0 bridgehead atoms. The van der Waals surface area contributed by atoms with Crippen LogP contribution in [0.15, 0.2) is 28.9 Å². The monoisotopic (exact) mass is 295 g/mol. The Morgan fingerprint density at radius 3 is 2.43 bits per heavy atom. The fourth-order valence-electron chi connectivity index (χ4n) is 1.66. The van der Waals surface area contributed by atoms with Gasteiger partial charge in [0.15, 0.2) is 0 Å². The number of carboxylic acid groups (broad SMARTS) is 2. The summed E-state index contributed by atoms with van der Waals surface area (Å²) in [4.78, 5) is 25.4. The van der Waals surface area contributed by atoms with E-state index in [0.29, 0.717) is 12.2 Å². The summed E-state index contributed by atoms with van der Waals surface area (Å²) in [5.41, 5.74) is 7.47. The number of likely N-dealkylation sites (N-methyl/N-ethyl adjacent to an activating group) is 1. The molecule has 0 amide bonds. The van der Waals surface area contributed by atoms with Gasteiger partial charge in [0.2, 0.25) is 0 Å². The smallest absolute Gasteiger partial charge is 0.328 e. The molecule has 0 aromatic carbocycles. The minimum Gasteiger partial charge on any atom is -0.478 e. The maximum absolute atomic E-state index is 9.55. The topological polar surface area (TPSA) is 130 Å². The van der Waals surface area contributed by atoms with Crippen molar-refractivity contribution in [3.05, 3.63) is 30.2 Å². The molecule has 1 aromatic heterocycles. The Morgan fingerprint density at radius 1 is 1.38 bits per heavy atom. The largest absolute Gasteiger partial charge is 0.478 e. The van der Waals surface area contributed by atoms with Crippen molar-refractivity contribution in [1.29, 1.82) is 0 Å². The summed E-state index contributed by atoms with van der Waals surface area (Å²) in [6, 6.07) is 0.240. The van der Waals surface area contributed by atoms with Gasteiger partial charge in [-0.25, -0.2) is 9.59 Å². The molecule has 2 rings (SSSR count). The number of hydrogen-bond acceptors (Lipinski definition) is 6. The van der Waals surface area contributed by atoms with E-state index in [-0.39, 0.29) is 6.01 Å². The second kappa shape index (κ2) is 7.85. The molecule has 0 spiro atoms. The Kier molecular flexibility index (Phi) is 6.15. The molecule has 0 aliphatic carbocycles. The number of aromatic nitrogens is 1. The standard InChI is InChI=1S/C9H13N3O.C4H4O4/c1-12-4-2-3-7(5-12)8-6-13-9(10)11-8;5-3(6)1-2-4(7)8/h3,6H,2,4-5H2,1H3,(H2,10,11);1-2H,(H,5,6)(H,7,8)/b;2-1-. The number of hydrogen-bond donors (Lipinski definition) is 3. The van der Waals surface area contributed by atoms with Gasteiger partial charge in [-0.3, -0.25) is 0 Å². The summed E-state index contributed by atoms with van der Waals surface area (Å²) in [7, 11) is 2.09. The Balaban J connectivity index is 0.000000240. The highest BCUT2D eigenvalue weighted by molar-refractivity contribution is 5.89. The van der Waals surface area contributed by atoms with Crippen molar-refractivity contribution in [1.82, 2.24) is 9.88 Å². The first-order chi connectivity index (χ1) is 9.88. The lowest BCUT2D eigenvalue weighted by Crippen LogP contribution is -2.25. The molecular weight excluding hydrogens is 278 g/mol. The van der Waals surface area contributed by atoms with Crippen LogP contribution in [0.1, 0.15) is 12.1 Å². The predicted octanol–water partition coefficient (Wildman–Crippen LogP) is 0.687. The minimum absolute atomic E-state index is 0.240. The summed E-state index contributed by atoms with van der Waals surface area (Å²) >= 11 is 0. The van der Waals surface area contributed by atoms with Gasteiger partial charge in [0, 0.05) is 25.2 Å². The van der Waals surface area contributed by atoms with Gasteiger partial charge in [-0.15, -0.1) is 0 Å². The summed E-state index contributed by atoms with van der Waals surface area (Å²) in [6.45, 7) is 2.03. The maximum Gasteiger partial charge on any atom is 0.328 e. The number of rotatable bonds is 3. The van der Waals surface area contributed by atoms with Crippen LogP contribution in [0.4, 0.5) is 6.01 Å². The highest BCUT2D eigenvalue weighted by Crippen LogP contribution is 2.19. The van der Waals surface area contributed by atoms with Crippen LogP contribution in [0.2, 0.25) is 0 Å². The lowest BCUT2D eigenvalue weighted by molar-refractivity contribution is -0.134. The van der Waals surface area contributed by atoms with Crippen molar-refractivity contribution in [3.63, 3.8) is 0 Å². The molecule has 0 saturated heterocycles. The number of nitrogens with two attached hydrogens (primary N) is 1.